The highest BCUT2D eigenvalue weighted by Gasteiger charge is 2.03. The Morgan fingerprint density at radius 3 is 2.94 bits per heavy atom. The lowest BCUT2D eigenvalue weighted by Crippen LogP contribution is -2.20. The maximum atomic E-state index is 5.25. The van der Waals surface area contributed by atoms with Gasteiger partial charge < -0.3 is 4.74 Å². The summed E-state index contributed by atoms with van der Waals surface area (Å²) in [6.07, 6.45) is 5.25. The highest BCUT2D eigenvalue weighted by atomic mass is 16.5. The van der Waals surface area contributed by atoms with Crippen LogP contribution in [0.5, 0.6) is 5.75 Å². The molecule has 1 rings (SSSR count). The standard InChI is InChI=1S/C14H17NO/c1-5-9-15(3)11-12(2)13-7-6-8-14(10-13)16-4/h1,6-8,10H,2,9,11H2,3-4H3. The van der Waals surface area contributed by atoms with E-state index >= 15 is 0 Å². The normalized spacial score (nSPS) is 9.88. The number of nitrogens with zero attached hydrogens (tertiary/aromatic N) is 1. The van der Waals surface area contributed by atoms with Gasteiger partial charge in [-0.15, -0.1) is 6.42 Å². The molecule has 0 atom stereocenters. The van der Waals surface area contributed by atoms with Crippen molar-refractivity contribution in [1.29, 1.82) is 0 Å². The molecule has 0 aromatic heterocycles. The lowest BCUT2D eigenvalue weighted by Gasteiger charge is -2.15. The van der Waals surface area contributed by atoms with Gasteiger partial charge in [0.25, 0.3) is 0 Å². The van der Waals surface area contributed by atoms with Crippen molar-refractivity contribution >= 4 is 5.57 Å². The maximum absolute atomic E-state index is 5.25. The van der Waals surface area contributed by atoms with Crippen molar-refractivity contribution in [2.75, 3.05) is 27.2 Å². The fourth-order valence-corrected chi connectivity index (χ4v) is 1.47. The molecule has 1 aromatic carbocycles. The van der Waals surface area contributed by atoms with Gasteiger partial charge in [0, 0.05) is 6.54 Å². The Morgan fingerprint density at radius 1 is 1.56 bits per heavy atom. The van der Waals surface area contributed by atoms with Gasteiger partial charge in [0.1, 0.15) is 5.75 Å². The molecule has 0 saturated heterocycles. The molecule has 0 fully saturated rings. The highest BCUT2D eigenvalue weighted by Crippen LogP contribution is 2.19. The van der Waals surface area contributed by atoms with Gasteiger partial charge in [0.2, 0.25) is 0 Å². The van der Waals surface area contributed by atoms with Gasteiger partial charge >= 0.3 is 0 Å². The minimum Gasteiger partial charge on any atom is -0.497 e. The largest absolute Gasteiger partial charge is 0.497 e. The minimum absolute atomic E-state index is 0.628. The SMILES string of the molecule is C#CCN(C)CC(=C)c1cccc(OC)c1. The zero-order valence-corrected chi connectivity index (χ0v) is 9.86. The molecule has 0 aliphatic carbocycles. The van der Waals surface area contributed by atoms with Crippen LogP contribution in [0, 0.1) is 12.3 Å². The fraction of sp³-hybridized carbons (Fsp3) is 0.286. The van der Waals surface area contributed by atoms with Crippen molar-refractivity contribution in [1.82, 2.24) is 4.90 Å². The molecule has 0 aliphatic rings. The van der Waals surface area contributed by atoms with Crippen LogP contribution in [-0.2, 0) is 0 Å². The van der Waals surface area contributed by atoms with Crippen LogP contribution >= 0.6 is 0 Å². The first-order valence-electron chi connectivity index (χ1n) is 5.11. The predicted molar refractivity (Wildman–Crippen MR) is 68.4 cm³/mol. The molecular weight excluding hydrogens is 198 g/mol. The second-order valence-corrected chi connectivity index (χ2v) is 3.71. The first-order chi connectivity index (χ1) is 7.67. The van der Waals surface area contributed by atoms with Crippen LogP contribution in [0.4, 0.5) is 0 Å². The number of hydrogen-bond donors (Lipinski definition) is 0. The molecule has 16 heavy (non-hydrogen) atoms. The molecule has 0 aliphatic heterocycles. The first kappa shape index (κ1) is 12.4. The van der Waals surface area contributed by atoms with Gasteiger partial charge in [0.05, 0.1) is 13.7 Å². The molecule has 0 radical (unpaired) electrons. The lowest BCUT2D eigenvalue weighted by atomic mass is 10.1. The van der Waals surface area contributed by atoms with E-state index in [2.05, 4.69) is 12.5 Å². The molecule has 2 heteroatoms. The quantitative estimate of drug-likeness (QED) is 0.699. The Labute approximate surface area is 97.5 Å². The third-order valence-electron chi connectivity index (χ3n) is 2.30. The molecule has 84 valence electrons. The van der Waals surface area contributed by atoms with Crippen molar-refractivity contribution in [3.05, 3.63) is 36.4 Å². The molecule has 0 spiro atoms. The topological polar surface area (TPSA) is 12.5 Å². The van der Waals surface area contributed by atoms with E-state index < -0.39 is 0 Å². The predicted octanol–water partition coefficient (Wildman–Crippen LogP) is 2.27. The van der Waals surface area contributed by atoms with Gasteiger partial charge in [-0.25, -0.2) is 0 Å². The lowest BCUT2D eigenvalue weighted by molar-refractivity contribution is 0.414. The van der Waals surface area contributed by atoms with Crippen molar-refractivity contribution in [3.63, 3.8) is 0 Å². The van der Waals surface area contributed by atoms with Crippen molar-refractivity contribution < 1.29 is 4.74 Å². The zero-order chi connectivity index (χ0) is 12.0. The Bertz CT molecular complexity index is 403. The molecular formula is C14H17NO. The van der Waals surface area contributed by atoms with E-state index in [1.165, 1.54) is 0 Å². The van der Waals surface area contributed by atoms with E-state index in [1.807, 2.05) is 36.2 Å². The summed E-state index contributed by atoms with van der Waals surface area (Å²) in [4.78, 5) is 2.04. The van der Waals surface area contributed by atoms with Crippen molar-refractivity contribution in [2.45, 2.75) is 0 Å². The summed E-state index contributed by atoms with van der Waals surface area (Å²) < 4.78 is 5.17. The smallest absolute Gasteiger partial charge is 0.119 e. The fourth-order valence-electron chi connectivity index (χ4n) is 1.47. The number of terminal acetylenes is 1. The first-order valence-corrected chi connectivity index (χ1v) is 5.11. The number of likely N-dealkylation sites (N-methyl/N-ethyl adjacent to an activating group) is 1. The third-order valence-corrected chi connectivity index (χ3v) is 2.30. The number of benzene rings is 1. The Balaban J connectivity index is 2.69. The van der Waals surface area contributed by atoms with Crippen LogP contribution < -0.4 is 4.74 Å². The summed E-state index contributed by atoms with van der Waals surface area (Å²) in [6.45, 7) is 5.45. The summed E-state index contributed by atoms with van der Waals surface area (Å²) in [5.41, 5.74) is 2.12. The second kappa shape index (κ2) is 5.99. The zero-order valence-electron chi connectivity index (χ0n) is 9.86. The molecule has 2 nitrogen and oxygen atoms in total. The van der Waals surface area contributed by atoms with Gasteiger partial charge in [-0.1, -0.05) is 24.6 Å². The Hall–Kier alpha value is -1.72. The number of rotatable bonds is 5. The molecule has 0 amide bonds. The molecule has 0 N–H and O–H groups in total. The van der Waals surface area contributed by atoms with E-state index in [9.17, 15) is 0 Å². The van der Waals surface area contributed by atoms with E-state index in [0.717, 1.165) is 23.4 Å². The summed E-state index contributed by atoms with van der Waals surface area (Å²) in [7, 11) is 3.64. The van der Waals surface area contributed by atoms with E-state index in [-0.39, 0.29) is 0 Å². The Kier molecular flexibility index (Phi) is 4.63. The summed E-state index contributed by atoms with van der Waals surface area (Å²) >= 11 is 0. The van der Waals surface area contributed by atoms with Gasteiger partial charge in [-0.2, -0.15) is 0 Å². The van der Waals surface area contributed by atoms with Gasteiger partial charge in [0.15, 0.2) is 0 Å². The summed E-state index contributed by atoms with van der Waals surface area (Å²) in [5.74, 6) is 3.45. The maximum Gasteiger partial charge on any atom is 0.119 e. The molecule has 0 heterocycles. The monoisotopic (exact) mass is 215 g/mol. The third kappa shape index (κ3) is 3.45. The van der Waals surface area contributed by atoms with Crippen molar-refractivity contribution in [3.8, 4) is 18.1 Å². The Morgan fingerprint density at radius 2 is 2.31 bits per heavy atom. The van der Waals surface area contributed by atoms with Crippen LogP contribution in [0.3, 0.4) is 0 Å². The van der Waals surface area contributed by atoms with Crippen LogP contribution in [0.1, 0.15) is 5.56 Å². The van der Waals surface area contributed by atoms with E-state index in [4.69, 9.17) is 11.2 Å². The van der Waals surface area contributed by atoms with Crippen LogP contribution in [0.15, 0.2) is 30.8 Å². The van der Waals surface area contributed by atoms with Crippen LogP contribution in [0.25, 0.3) is 5.57 Å². The average molecular weight is 215 g/mol. The molecule has 0 bridgehead atoms. The number of ether oxygens (including phenoxy) is 1. The van der Waals surface area contributed by atoms with Crippen LogP contribution in [-0.4, -0.2) is 32.1 Å². The molecule has 0 saturated carbocycles. The van der Waals surface area contributed by atoms with Gasteiger partial charge in [-0.05, 0) is 30.3 Å². The highest BCUT2D eigenvalue weighted by molar-refractivity contribution is 5.65. The van der Waals surface area contributed by atoms with Gasteiger partial charge in [-0.3, -0.25) is 4.90 Å². The number of methoxy groups -OCH3 is 1. The van der Waals surface area contributed by atoms with Crippen LogP contribution in [0.2, 0.25) is 0 Å². The average Bonchev–Trinajstić information content (AvgIpc) is 2.29. The molecule has 0 unspecified atom stereocenters. The number of hydrogen-bond acceptors (Lipinski definition) is 2. The molecule has 1 aromatic rings. The van der Waals surface area contributed by atoms with Crippen molar-refractivity contribution in [2.24, 2.45) is 0 Å². The second-order valence-electron chi connectivity index (χ2n) is 3.71. The summed E-state index contributed by atoms with van der Waals surface area (Å²) in [6, 6.07) is 7.88. The van der Waals surface area contributed by atoms with E-state index in [0.29, 0.717) is 6.54 Å². The summed E-state index contributed by atoms with van der Waals surface area (Å²) in [5, 5.41) is 0. The minimum atomic E-state index is 0.628. The van der Waals surface area contributed by atoms with E-state index in [1.54, 1.807) is 7.11 Å².